The molecule has 13 heteroatoms. The number of anilines is 1. The quantitative estimate of drug-likeness (QED) is 0.240. The Balaban J connectivity index is 1.70. The summed E-state index contributed by atoms with van der Waals surface area (Å²) < 4.78 is 32.5. The van der Waals surface area contributed by atoms with Crippen LogP contribution in [-0.4, -0.2) is 63.2 Å². The Morgan fingerprint density at radius 2 is 2.03 bits per heavy atom. The first-order chi connectivity index (χ1) is 17.4. The highest BCUT2D eigenvalue weighted by Gasteiger charge is 2.39. The second-order valence-electron chi connectivity index (χ2n) is 10.0. The van der Waals surface area contributed by atoms with E-state index in [2.05, 4.69) is 20.1 Å². The van der Waals surface area contributed by atoms with Gasteiger partial charge in [-0.3, -0.25) is 14.2 Å². The van der Waals surface area contributed by atoms with Gasteiger partial charge in [0.25, 0.3) is 0 Å². The maximum atomic E-state index is 14.0. The smallest absolute Gasteiger partial charge is 0.326 e. The lowest BCUT2D eigenvalue weighted by molar-refractivity contribution is -0.154. The normalized spacial score (nSPS) is 17.5. The minimum atomic E-state index is -3.65. The van der Waals surface area contributed by atoms with Crippen molar-refractivity contribution in [2.24, 2.45) is 0 Å². The van der Waals surface area contributed by atoms with Gasteiger partial charge in [-0.1, -0.05) is 6.92 Å². The number of ether oxygens (including phenoxy) is 3. The van der Waals surface area contributed by atoms with Crippen molar-refractivity contribution in [3.8, 4) is 0 Å². The fourth-order valence-electron chi connectivity index (χ4n) is 3.77. The molecule has 0 aromatic carbocycles. The van der Waals surface area contributed by atoms with Crippen LogP contribution >= 0.6 is 7.44 Å². The number of fused-ring (bicyclic) bond motifs is 1. The van der Waals surface area contributed by atoms with E-state index in [0.29, 0.717) is 29.8 Å². The Kier molecular flexibility index (Phi) is 9.68. The van der Waals surface area contributed by atoms with E-state index in [1.807, 2.05) is 13.8 Å². The minimum absolute atomic E-state index is 0.103. The summed E-state index contributed by atoms with van der Waals surface area (Å²) in [6.45, 7) is 9.05. The number of nitrogen functional groups attached to an aromatic ring is 1. The maximum Gasteiger partial charge on any atom is 0.326 e. The van der Waals surface area contributed by atoms with Gasteiger partial charge < -0.3 is 24.5 Å². The lowest BCUT2D eigenvalue weighted by Gasteiger charge is -2.33. The van der Waals surface area contributed by atoms with Crippen molar-refractivity contribution in [1.82, 2.24) is 24.7 Å². The van der Waals surface area contributed by atoms with E-state index in [9.17, 15) is 14.2 Å². The monoisotopic (exact) mass is 538 g/mol. The summed E-state index contributed by atoms with van der Waals surface area (Å²) in [7, 11) is -3.65. The molecule has 1 aliphatic carbocycles. The van der Waals surface area contributed by atoms with Crippen molar-refractivity contribution in [2.45, 2.75) is 90.6 Å². The van der Waals surface area contributed by atoms with Gasteiger partial charge in [-0.05, 0) is 59.4 Å². The molecule has 4 N–H and O–H groups in total. The molecule has 0 spiro atoms. The van der Waals surface area contributed by atoms with Crippen LogP contribution in [0.2, 0.25) is 0 Å². The Bertz CT molecular complexity index is 1130. The molecule has 206 valence electrons. The van der Waals surface area contributed by atoms with E-state index in [1.165, 1.54) is 0 Å². The molecule has 0 radical (unpaired) electrons. The van der Waals surface area contributed by atoms with Gasteiger partial charge >= 0.3 is 11.9 Å². The number of nitrogens with zero attached hydrogens (tertiary/aromatic N) is 3. The van der Waals surface area contributed by atoms with Gasteiger partial charge in [-0.2, -0.15) is 0 Å². The summed E-state index contributed by atoms with van der Waals surface area (Å²) in [6.07, 6.45) is 5.76. The van der Waals surface area contributed by atoms with Crippen molar-refractivity contribution in [1.29, 1.82) is 0 Å². The van der Waals surface area contributed by atoms with Gasteiger partial charge in [-0.25, -0.2) is 20.1 Å². The topological polar surface area (TPSA) is 160 Å². The van der Waals surface area contributed by atoms with Gasteiger partial charge in [0.05, 0.1) is 31.3 Å². The molecule has 3 rings (SSSR count). The Morgan fingerprint density at radius 3 is 2.68 bits per heavy atom. The minimum Gasteiger partial charge on any atom is -0.464 e. The van der Waals surface area contributed by atoms with Crippen LogP contribution in [0.1, 0.15) is 60.3 Å². The maximum absolute atomic E-state index is 14.0. The first-order valence-corrected chi connectivity index (χ1v) is 14.5. The Morgan fingerprint density at radius 1 is 1.30 bits per heavy atom. The van der Waals surface area contributed by atoms with Gasteiger partial charge in [-0.15, -0.1) is 0 Å². The SMILES string of the molecule is CCCOC(=O)C(C)(C)NP(=O)(CO[C@H](C)Cn1cnc2c(N)ccnc21)N[C@H](C)C(=O)OC1CCC1. The number of nitrogens with two attached hydrogens (primary N) is 1. The zero-order chi connectivity index (χ0) is 27.2. The van der Waals surface area contributed by atoms with Gasteiger partial charge in [0.1, 0.15) is 29.5 Å². The molecular formula is C24H39N6O6P. The average molecular weight is 539 g/mol. The molecule has 1 unspecified atom stereocenters. The van der Waals surface area contributed by atoms with Crippen LogP contribution in [-0.2, 0) is 34.9 Å². The first kappa shape index (κ1) is 29.0. The number of carbonyl (C=O) groups excluding carboxylic acids is 2. The van der Waals surface area contributed by atoms with Crippen molar-refractivity contribution in [3.05, 3.63) is 18.6 Å². The number of nitrogens with one attached hydrogen (secondary N) is 2. The van der Waals surface area contributed by atoms with E-state index in [4.69, 9.17) is 19.9 Å². The number of hydrogen-bond acceptors (Lipinski definition) is 9. The van der Waals surface area contributed by atoms with Crippen LogP contribution in [0.4, 0.5) is 5.69 Å². The summed E-state index contributed by atoms with van der Waals surface area (Å²) in [6, 6.07) is 0.794. The highest BCUT2D eigenvalue weighted by Crippen LogP contribution is 2.40. The number of pyridine rings is 1. The molecule has 0 aliphatic heterocycles. The molecule has 12 nitrogen and oxygen atoms in total. The number of carbonyl (C=O) groups is 2. The number of hydrogen-bond donors (Lipinski definition) is 3. The third-order valence-corrected chi connectivity index (χ3v) is 8.26. The van der Waals surface area contributed by atoms with Crippen LogP contribution in [0, 0.1) is 0 Å². The van der Waals surface area contributed by atoms with Gasteiger partial charge in [0, 0.05) is 6.20 Å². The predicted molar refractivity (Wildman–Crippen MR) is 140 cm³/mol. The highest BCUT2D eigenvalue weighted by molar-refractivity contribution is 7.59. The molecule has 3 atom stereocenters. The molecule has 0 amide bonds. The predicted octanol–water partition coefficient (Wildman–Crippen LogP) is 2.96. The van der Waals surface area contributed by atoms with Crippen LogP contribution in [0.5, 0.6) is 0 Å². The molecule has 0 bridgehead atoms. The molecule has 2 aromatic rings. The molecule has 1 saturated carbocycles. The van der Waals surface area contributed by atoms with Crippen molar-refractivity contribution in [2.75, 3.05) is 18.7 Å². The lowest BCUT2D eigenvalue weighted by atomic mass is 9.96. The van der Waals surface area contributed by atoms with Crippen molar-refractivity contribution < 1.29 is 28.4 Å². The number of aromatic nitrogens is 3. The van der Waals surface area contributed by atoms with Crippen LogP contribution in [0.3, 0.4) is 0 Å². The third kappa shape index (κ3) is 7.73. The number of esters is 2. The zero-order valence-electron chi connectivity index (χ0n) is 22.2. The van der Waals surface area contributed by atoms with Gasteiger partial charge in [0.15, 0.2) is 5.65 Å². The zero-order valence-corrected chi connectivity index (χ0v) is 23.1. The van der Waals surface area contributed by atoms with E-state index in [0.717, 1.165) is 19.3 Å². The second kappa shape index (κ2) is 12.3. The first-order valence-electron chi connectivity index (χ1n) is 12.6. The van der Waals surface area contributed by atoms with E-state index >= 15 is 0 Å². The van der Waals surface area contributed by atoms with Crippen molar-refractivity contribution in [3.63, 3.8) is 0 Å². The number of rotatable bonds is 14. The lowest BCUT2D eigenvalue weighted by Crippen LogP contribution is -2.50. The highest BCUT2D eigenvalue weighted by atomic mass is 31.2. The standard InChI is InChI=1S/C24H39N6O6P/c1-6-12-34-23(32)24(4,5)29-37(33,28-17(3)22(31)36-18-8-7-9-18)15-35-16(2)13-30-14-27-20-19(25)10-11-26-21(20)30/h10-11,14,16-18H,6-9,12-13,15H2,1-5H3,(H2,25,26)(H2,28,29,33)/t16-,17-,37?/m1/s1. The molecule has 2 heterocycles. The Labute approximate surface area is 217 Å². The van der Waals surface area contributed by atoms with E-state index in [-0.39, 0.29) is 19.1 Å². The summed E-state index contributed by atoms with van der Waals surface area (Å²) in [4.78, 5) is 33.8. The second-order valence-corrected chi connectivity index (χ2v) is 12.2. The molecule has 1 aliphatic rings. The van der Waals surface area contributed by atoms with Crippen LogP contribution < -0.4 is 15.9 Å². The molecular weight excluding hydrogens is 499 g/mol. The summed E-state index contributed by atoms with van der Waals surface area (Å²) in [5.74, 6) is -1.05. The Hall–Kier alpha value is -2.53. The summed E-state index contributed by atoms with van der Waals surface area (Å²) >= 11 is 0. The van der Waals surface area contributed by atoms with Crippen molar-refractivity contribution >= 4 is 36.2 Å². The van der Waals surface area contributed by atoms with Gasteiger partial charge in [0.2, 0.25) is 7.44 Å². The molecule has 2 aromatic heterocycles. The largest absolute Gasteiger partial charge is 0.464 e. The van der Waals surface area contributed by atoms with E-state index < -0.39 is 37.1 Å². The molecule has 0 saturated heterocycles. The molecule has 1 fully saturated rings. The molecule has 37 heavy (non-hydrogen) atoms. The summed E-state index contributed by atoms with van der Waals surface area (Å²) in [5.41, 5.74) is 6.39. The fourth-order valence-corrected chi connectivity index (χ4v) is 6.17. The van der Waals surface area contributed by atoms with Crippen LogP contribution in [0.25, 0.3) is 11.2 Å². The number of imidazole rings is 1. The van der Waals surface area contributed by atoms with E-state index in [1.54, 1.807) is 43.9 Å². The summed E-state index contributed by atoms with van der Waals surface area (Å²) in [5, 5.41) is 5.74. The fraction of sp³-hybridized carbons (Fsp3) is 0.667. The van der Waals surface area contributed by atoms with Crippen LogP contribution in [0.15, 0.2) is 18.6 Å². The average Bonchev–Trinajstić information content (AvgIpc) is 3.21. The third-order valence-electron chi connectivity index (χ3n) is 6.03.